The smallest absolute Gasteiger partial charge is 0.0823 e. The molecule has 0 bridgehead atoms. The van der Waals surface area contributed by atoms with Crippen molar-refractivity contribution in [2.45, 2.75) is 44.2 Å². The van der Waals surface area contributed by atoms with E-state index < -0.39 is 24.4 Å². The molecule has 0 unspecified atom stereocenters. The molecule has 4 nitrogen and oxygen atoms in total. The van der Waals surface area contributed by atoms with Gasteiger partial charge in [-0.3, -0.25) is 0 Å². The minimum atomic E-state index is -0.852. The molecule has 4 N–H and O–H groups in total. The largest absolute Gasteiger partial charge is 0.393 e. The zero-order valence-electron chi connectivity index (χ0n) is 7.09. The SMILES string of the molecule is C[C@H](O)[C@H]1C[C@H](O)[C@H](O)C[C@H]1O. The topological polar surface area (TPSA) is 80.9 Å². The molecule has 0 heterocycles. The van der Waals surface area contributed by atoms with Crippen LogP contribution in [0.15, 0.2) is 0 Å². The minimum Gasteiger partial charge on any atom is -0.393 e. The van der Waals surface area contributed by atoms with Gasteiger partial charge < -0.3 is 20.4 Å². The van der Waals surface area contributed by atoms with Crippen LogP contribution in [0.5, 0.6) is 0 Å². The van der Waals surface area contributed by atoms with Crippen LogP contribution in [0, 0.1) is 5.92 Å². The molecule has 5 atom stereocenters. The van der Waals surface area contributed by atoms with E-state index in [9.17, 15) is 15.3 Å². The van der Waals surface area contributed by atoms with Gasteiger partial charge in [-0.15, -0.1) is 0 Å². The molecule has 0 aromatic carbocycles. The molecule has 1 aliphatic rings. The molecule has 0 aliphatic heterocycles. The number of aliphatic hydroxyl groups excluding tert-OH is 4. The number of rotatable bonds is 1. The quantitative estimate of drug-likeness (QED) is 0.407. The molecular formula is C8H16O4. The fourth-order valence-electron chi connectivity index (χ4n) is 1.69. The van der Waals surface area contributed by atoms with Crippen LogP contribution in [0.1, 0.15) is 19.8 Å². The van der Waals surface area contributed by atoms with E-state index in [1.54, 1.807) is 6.92 Å². The second-order valence-electron chi connectivity index (χ2n) is 3.58. The molecule has 1 aliphatic carbocycles. The maximum absolute atomic E-state index is 9.40. The zero-order chi connectivity index (χ0) is 9.30. The first kappa shape index (κ1) is 9.92. The van der Waals surface area contributed by atoms with Crippen LogP contribution >= 0.6 is 0 Å². The highest BCUT2D eigenvalue weighted by Gasteiger charge is 2.36. The zero-order valence-corrected chi connectivity index (χ0v) is 7.09. The second kappa shape index (κ2) is 3.70. The lowest BCUT2D eigenvalue weighted by molar-refractivity contribution is -0.102. The molecule has 0 saturated heterocycles. The maximum Gasteiger partial charge on any atom is 0.0823 e. The number of aliphatic hydroxyl groups is 4. The summed E-state index contributed by atoms with van der Waals surface area (Å²) in [6.45, 7) is 1.58. The third kappa shape index (κ3) is 1.95. The summed E-state index contributed by atoms with van der Waals surface area (Å²) in [6, 6.07) is 0. The highest BCUT2D eigenvalue weighted by molar-refractivity contribution is 4.87. The van der Waals surface area contributed by atoms with E-state index in [0.717, 1.165) is 0 Å². The Morgan fingerprint density at radius 1 is 1.00 bits per heavy atom. The first-order valence-corrected chi connectivity index (χ1v) is 4.24. The first-order valence-electron chi connectivity index (χ1n) is 4.24. The van der Waals surface area contributed by atoms with E-state index in [2.05, 4.69) is 0 Å². The van der Waals surface area contributed by atoms with Gasteiger partial charge in [0.2, 0.25) is 0 Å². The summed E-state index contributed by atoms with van der Waals surface area (Å²) in [5, 5.41) is 37.0. The predicted molar refractivity (Wildman–Crippen MR) is 42.4 cm³/mol. The van der Waals surface area contributed by atoms with Crippen molar-refractivity contribution < 1.29 is 20.4 Å². The van der Waals surface area contributed by atoms with E-state index in [1.165, 1.54) is 0 Å². The highest BCUT2D eigenvalue weighted by Crippen LogP contribution is 2.27. The van der Waals surface area contributed by atoms with Crippen LogP contribution < -0.4 is 0 Å². The number of hydrogen-bond donors (Lipinski definition) is 4. The standard InChI is InChI=1S/C8H16O4/c1-4(9)5-2-7(11)8(12)3-6(5)10/h4-12H,2-3H2,1H3/t4-,5+,6+,7-,8+/m0/s1. The van der Waals surface area contributed by atoms with E-state index in [0.29, 0.717) is 0 Å². The molecular weight excluding hydrogens is 160 g/mol. The summed E-state index contributed by atoms with van der Waals surface area (Å²) in [5.74, 6) is -0.316. The fourth-order valence-corrected chi connectivity index (χ4v) is 1.69. The summed E-state index contributed by atoms with van der Waals surface area (Å²) in [5.41, 5.74) is 0. The number of hydrogen-bond acceptors (Lipinski definition) is 4. The molecule has 1 saturated carbocycles. The maximum atomic E-state index is 9.40. The summed E-state index contributed by atoms with van der Waals surface area (Å²) < 4.78 is 0. The van der Waals surface area contributed by atoms with Crippen LogP contribution in [0.2, 0.25) is 0 Å². The van der Waals surface area contributed by atoms with Crippen molar-refractivity contribution in [2.24, 2.45) is 5.92 Å². The average molecular weight is 176 g/mol. The Kier molecular flexibility index (Phi) is 3.06. The lowest BCUT2D eigenvalue weighted by atomic mass is 9.80. The first-order chi connectivity index (χ1) is 5.52. The Balaban J connectivity index is 2.55. The normalized spacial score (nSPS) is 45.8. The molecule has 72 valence electrons. The summed E-state index contributed by atoms with van der Waals surface area (Å²) in [7, 11) is 0. The van der Waals surface area contributed by atoms with Gasteiger partial charge in [-0.25, -0.2) is 0 Å². The van der Waals surface area contributed by atoms with Gasteiger partial charge in [0.15, 0.2) is 0 Å². The third-order valence-electron chi connectivity index (χ3n) is 2.55. The molecule has 1 fully saturated rings. The van der Waals surface area contributed by atoms with E-state index in [4.69, 9.17) is 5.11 Å². The van der Waals surface area contributed by atoms with Crippen molar-refractivity contribution in [2.75, 3.05) is 0 Å². The van der Waals surface area contributed by atoms with Gasteiger partial charge in [-0.2, -0.15) is 0 Å². The Bertz CT molecular complexity index is 148. The van der Waals surface area contributed by atoms with Crippen LogP contribution in [0.4, 0.5) is 0 Å². The lowest BCUT2D eigenvalue weighted by Gasteiger charge is -2.35. The molecule has 12 heavy (non-hydrogen) atoms. The van der Waals surface area contributed by atoms with Crippen molar-refractivity contribution >= 4 is 0 Å². The third-order valence-corrected chi connectivity index (χ3v) is 2.55. The van der Waals surface area contributed by atoms with Gasteiger partial charge in [0.1, 0.15) is 0 Å². The molecule has 0 spiro atoms. The van der Waals surface area contributed by atoms with Crippen molar-refractivity contribution in [1.82, 2.24) is 0 Å². The Labute approximate surface area is 71.5 Å². The Morgan fingerprint density at radius 3 is 2.00 bits per heavy atom. The highest BCUT2D eigenvalue weighted by atomic mass is 16.3. The van der Waals surface area contributed by atoms with E-state index in [-0.39, 0.29) is 18.8 Å². The summed E-state index contributed by atoms with van der Waals surface area (Å²) in [4.78, 5) is 0. The van der Waals surface area contributed by atoms with Crippen molar-refractivity contribution in [1.29, 1.82) is 0 Å². The Hall–Kier alpha value is -0.160. The van der Waals surface area contributed by atoms with Gasteiger partial charge >= 0.3 is 0 Å². The van der Waals surface area contributed by atoms with Crippen LogP contribution in [-0.2, 0) is 0 Å². The van der Waals surface area contributed by atoms with Crippen LogP contribution in [0.3, 0.4) is 0 Å². The van der Waals surface area contributed by atoms with E-state index in [1.807, 2.05) is 0 Å². The lowest BCUT2D eigenvalue weighted by Crippen LogP contribution is -2.45. The summed E-state index contributed by atoms with van der Waals surface area (Å²) in [6.07, 6.45) is -2.59. The molecule has 1 rings (SSSR count). The van der Waals surface area contributed by atoms with Gasteiger partial charge in [0, 0.05) is 12.3 Å². The predicted octanol–water partition coefficient (Wildman–Crippen LogP) is -1.14. The average Bonchev–Trinajstić information content (AvgIpc) is 1.96. The second-order valence-corrected chi connectivity index (χ2v) is 3.58. The molecule has 4 heteroatoms. The molecule has 0 aromatic rings. The van der Waals surface area contributed by atoms with E-state index >= 15 is 0 Å². The van der Waals surface area contributed by atoms with Gasteiger partial charge in [0.05, 0.1) is 24.4 Å². The summed E-state index contributed by atoms with van der Waals surface area (Å²) >= 11 is 0. The van der Waals surface area contributed by atoms with Crippen molar-refractivity contribution in [3.63, 3.8) is 0 Å². The molecule has 0 amide bonds. The van der Waals surface area contributed by atoms with Crippen molar-refractivity contribution in [3.8, 4) is 0 Å². The van der Waals surface area contributed by atoms with Gasteiger partial charge in [0.25, 0.3) is 0 Å². The van der Waals surface area contributed by atoms with Crippen molar-refractivity contribution in [3.05, 3.63) is 0 Å². The molecule has 0 radical (unpaired) electrons. The fraction of sp³-hybridized carbons (Fsp3) is 1.00. The van der Waals surface area contributed by atoms with Gasteiger partial charge in [-0.05, 0) is 13.3 Å². The molecule has 0 aromatic heterocycles. The minimum absolute atomic E-state index is 0.150. The van der Waals surface area contributed by atoms with Gasteiger partial charge in [-0.1, -0.05) is 0 Å². The monoisotopic (exact) mass is 176 g/mol. The Morgan fingerprint density at radius 2 is 1.50 bits per heavy atom. The van der Waals surface area contributed by atoms with Crippen LogP contribution in [0.25, 0.3) is 0 Å². The van der Waals surface area contributed by atoms with Crippen LogP contribution in [-0.4, -0.2) is 44.8 Å².